The Morgan fingerprint density at radius 3 is 1.93 bits per heavy atom. The number of benzene rings is 2. The van der Waals surface area contributed by atoms with E-state index in [1.165, 1.54) is 25.3 Å². The van der Waals surface area contributed by atoms with Gasteiger partial charge in [0.1, 0.15) is 11.9 Å². The molecule has 0 radical (unpaired) electrons. The lowest BCUT2D eigenvalue weighted by Gasteiger charge is -2.61. The lowest BCUT2D eigenvalue weighted by molar-refractivity contribution is -0.412. The molecule has 1 heterocycles. The first kappa shape index (κ1) is 32.5. The van der Waals surface area contributed by atoms with E-state index >= 15 is 0 Å². The molecule has 4 N–H and O–H groups in total. The van der Waals surface area contributed by atoms with Crippen molar-refractivity contribution in [2.45, 2.75) is 68.9 Å². The fraction of sp³-hybridized carbons (Fsp3) is 0.448. The normalized spacial score (nSPS) is 30.4. The quantitative estimate of drug-likeness (QED) is 0.310. The number of hydrogen-bond acceptors (Lipinski definition) is 11. The lowest BCUT2D eigenvalue weighted by Crippen LogP contribution is -2.89. The molecule has 0 spiro atoms. The zero-order valence-electron chi connectivity index (χ0n) is 23.4. The molecule has 1 saturated heterocycles. The van der Waals surface area contributed by atoms with Crippen LogP contribution in [0.25, 0.3) is 0 Å². The SMILES string of the molecule is COc1ccc(Cc2cc([C@]3(OC)O[C@H](C(=O)C(C)O)[C@](O)(C(C)=O)[C@@](O)(C(C)=O)[C@]3(O)C(C)=O)ccc2Cl)cc1. The van der Waals surface area contributed by atoms with E-state index in [0.29, 0.717) is 18.2 Å². The molecule has 0 aliphatic carbocycles. The van der Waals surface area contributed by atoms with Gasteiger partial charge in [0.05, 0.1) is 7.11 Å². The highest BCUT2D eigenvalue weighted by Crippen LogP contribution is 2.56. The maximum Gasteiger partial charge on any atom is 0.236 e. The van der Waals surface area contributed by atoms with Crippen molar-refractivity contribution in [3.63, 3.8) is 0 Å². The van der Waals surface area contributed by atoms with Crippen LogP contribution in [0.1, 0.15) is 44.4 Å². The molecule has 1 fully saturated rings. The lowest BCUT2D eigenvalue weighted by atomic mass is 9.56. The molecule has 0 amide bonds. The Hall–Kier alpha value is -3.03. The zero-order valence-corrected chi connectivity index (χ0v) is 24.2. The van der Waals surface area contributed by atoms with Crippen LogP contribution in [0.5, 0.6) is 5.75 Å². The van der Waals surface area contributed by atoms with E-state index in [-0.39, 0.29) is 17.0 Å². The number of methoxy groups -OCH3 is 2. The van der Waals surface area contributed by atoms with Gasteiger partial charge in [-0.2, -0.15) is 0 Å². The smallest absolute Gasteiger partial charge is 0.236 e. The van der Waals surface area contributed by atoms with Crippen molar-refractivity contribution in [3.05, 3.63) is 64.2 Å². The molecular formula is C29H33ClO11. The van der Waals surface area contributed by atoms with Gasteiger partial charge in [0, 0.05) is 17.7 Å². The molecule has 222 valence electrons. The minimum absolute atomic E-state index is 0.195. The van der Waals surface area contributed by atoms with Crippen molar-refractivity contribution >= 4 is 34.7 Å². The van der Waals surface area contributed by atoms with Gasteiger partial charge in [0.15, 0.2) is 34.8 Å². The van der Waals surface area contributed by atoms with Crippen molar-refractivity contribution in [1.29, 1.82) is 0 Å². The molecule has 2 aromatic carbocycles. The summed E-state index contributed by atoms with van der Waals surface area (Å²) < 4.78 is 16.6. The monoisotopic (exact) mass is 592 g/mol. The Morgan fingerprint density at radius 2 is 1.49 bits per heavy atom. The Labute approximate surface area is 241 Å². The van der Waals surface area contributed by atoms with Crippen molar-refractivity contribution < 1.29 is 53.8 Å². The highest BCUT2D eigenvalue weighted by atomic mass is 35.5. The number of aliphatic hydroxyl groups excluding tert-OH is 1. The summed E-state index contributed by atoms with van der Waals surface area (Å²) in [6.45, 7) is 3.24. The molecule has 12 heteroatoms. The summed E-state index contributed by atoms with van der Waals surface area (Å²) in [7, 11) is 2.49. The summed E-state index contributed by atoms with van der Waals surface area (Å²) in [5.74, 6) is -7.78. The number of ketones is 4. The molecule has 0 aromatic heterocycles. The number of carbonyl (C=O) groups excluding carboxylic acids is 4. The van der Waals surface area contributed by atoms with Gasteiger partial charge in [-0.15, -0.1) is 0 Å². The second kappa shape index (κ2) is 11.3. The Kier molecular flexibility index (Phi) is 8.98. The first-order chi connectivity index (χ1) is 19.0. The Balaban J connectivity index is 2.39. The summed E-state index contributed by atoms with van der Waals surface area (Å²) in [4.78, 5) is 52.6. The van der Waals surface area contributed by atoms with Crippen LogP contribution in [0.4, 0.5) is 0 Å². The molecule has 2 aromatic rings. The van der Waals surface area contributed by atoms with Gasteiger partial charge >= 0.3 is 0 Å². The third-order valence-corrected chi connectivity index (χ3v) is 8.08. The van der Waals surface area contributed by atoms with Crippen molar-refractivity contribution in [1.82, 2.24) is 0 Å². The van der Waals surface area contributed by atoms with E-state index in [0.717, 1.165) is 33.4 Å². The summed E-state index contributed by atoms with van der Waals surface area (Å²) >= 11 is 6.47. The van der Waals surface area contributed by atoms with Gasteiger partial charge in [-0.1, -0.05) is 29.8 Å². The van der Waals surface area contributed by atoms with Crippen molar-refractivity contribution in [3.8, 4) is 5.75 Å². The van der Waals surface area contributed by atoms with Crippen molar-refractivity contribution in [2.24, 2.45) is 0 Å². The van der Waals surface area contributed by atoms with Crippen LogP contribution in [0, 0.1) is 0 Å². The van der Waals surface area contributed by atoms with Crippen LogP contribution >= 0.6 is 11.6 Å². The maximum atomic E-state index is 13.3. The number of hydrogen-bond donors (Lipinski definition) is 4. The predicted molar refractivity (Wildman–Crippen MR) is 144 cm³/mol. The molecular weight excluding hydrogens is 560 g/mol. The minimum atomic E-state index is -3.70. The van der Waals surface area contributed by atoms with E-state index in [9.17, 15) is 39.6 Å². The first-order valence-electron chi connectivity index (χ1n) is 12.6. The number of rotatable bonds is 10. The molecule has 0 saturated carbocycles. The van der Waals surface area contributed by atoms with E-state index in [2.05, 4.69) is 0 Å². The standard InChI is InChI=1S/C29H33ClO11/c1-15(31)24(35)25-26(36,16(2)32)27(37,17(3)33)28(38,18(4)34)29(40-6,41-25)21-9-12-23(30)20(14-21)13-19-7-10-22(39-5)11-8-19/h7-12,14-15,25,31,36-38H,13H2,1-6H3/t15?,25-,26-,27+,28-,29+/m1/s1. The van der Waals surface area contributed by atoms with Gasteiger partial charge < -0.3 is 34.6 Å². The highest BCUT2D eigenvalue weighted by Gasteiger charge is 2.84. The average Bonchev–Trinajstić information content (AvgIpc) is 2.93. The third kappa shape index (κ3) is 4.62. The topological polar surface area (TPSA) is 177 Å². The van der Waals surface area contributed by atoms with Crippen LogP contribution in [-0.4, -0.2) is 86.8 Å². The predicted octanol–water partition coefficient (Wildman–Crippen LogP) is 1.05. The summed E-state index contributed by atoms with van der Waals surface area (Å²) in [6, 6.07) is 11.0. The van der Waals surface area contributed by atoms with E-state index in [1.807, 2.05) is 0 Å². The molecule has 0 bridgehead atoms. The molecule has 3 rings (SSSR count). The van der Waals surface area contributed by atoms with Crippen molar-refractivity contribution in [2.75, 3.05) is 14.2 Å². The minimum Gasteiger partial charge on any atom is -0.497 e. The van der Waals surface area contributed by atoms with Gasteiger partial charge in [-0.3, -0.25) is 19.2 Å². The van der Waals surface area contributed by atoms with Gasteiger partial charge in [0.2, 0.25) is 17.0 Å². The number of halogens is 1. The third-order valence-electron chi connectivity index (χ3n) is 7.71. The van der Waals surface area contributed by atoms with Crippen LogP contribution in [0.2, 0.25) is 5.02 Å². The largest absolute Gasteiger partial charge is 0.497 e. The molecule has 1 aliphatic rings. The summed E-state index contributed by atoms with van der Waals surface area (Å²) in [5, 5.41) is 46.1. The summed E-state index contributed by atoms with van der Waals surface area (Å²) in [5.41, 5.74) is -9.74. The second-order valence-electron chi connectivity index (χ2n) is 10.1. The number of ether oxygens (including phenoxy) is 3. The van der Waals surface area contributed by atoms with Gasteiger partial charge in [-0.25, -0.2) is 0 Å². The zero-order chi connectivity index (χ0) is 31.1. The number of Topliss-reactive ketones (excluding diaryl/α,β-unsaturated/α-hetero) is 4. The van der Waals surface area contributed by atoms with Crippen LogP contribution < -0.4 is 4.74 Å². The molecule has 6 atom stereocenters. The molecule has 11 nitrogen and oxygen atoms in total. The number of aliphatic hydroxyl groups is 4. The fourth-order valence-electron chi connectivity index (χ4n) is 5.44. The molecule has 41 heavy (non-hydrogen) atoms. The van der Waals surface area contributed by atoms with Crippen LogP contribution in [0.15, 0.2) is 42.5 Å². The Bertz CT molecular complexity index is 1370. The molecule has 1 aliphatic heterocycles. The fourth-order valence-corrected chi connectivity index (χ4v) is 5.63. The summed E-state index contributed by atoms with van der Waals surface area (Å²) in [6.07, 6.45) is -4.15. The van der Waals surface area contributed by atoms with Gasteiger partial charge in [-0.05, 0) is 69.5 Å². The average molecular weight is 593 g/mol. The van der Waals surface area contributed by atoms with Gasteiger partial charge in [0.25, 0.3) is 0 Å². The first-order valence-corrected chi connectivity index (χ1v) is 12.9. The second-order valence-corrected chi connectivity index (χ2v) is 10.5. The van der Waals surface area contributed by atoms with E-state index < -0.39 is 57.9 Å². The molecule has 1 unspecified atom stereocenters. The van der Waals surface area contributed by atoms with E-state index in [1.54, 1.807) is 24.3 Å². The highest BCUT2D eigenvalue weighted by molar-refractivity contribution is 6.31. The maximum absolute atomic E-state index is 13.3. The van der Waals surface area contributed by atoms with Crippen LogP contribution in [-0.2, 0) is 40.9 Å². The van der Waals surface area contributed by atoms with E-state index in [4.69, 9.17) is 25.8 Å². The Morgan fingerprint density at radius 1 is 0.927 bits per heavy atom. The number of carbonyl (C=O) groups is 4. The van der Waals surface area contributed by atoms with Crippen LogP contribution in [0.3, 0.4) is 0 Å².